The topological polar surface area (TPSA) is 83.2 Å². The molecule has 1 aliphatic rings. The zero-order valence-electron chi connectivity index (χ0n) is 21.3. The van der Waals surface area contributed by atoms with E-state index >= 15 is 0 Å². The monoisotopic (exact) mass is 495 g/mol. The Hall–Kier alpha value is -4.20. The van der Waals surface area contributed by atoms with E-state index in [1.54, 1.807) is 0 Å². The minimum absolute atomic E-state index is 0.0558. The molecule has 6 nitrogen and oxygen atoms in total. The third-order valence-corrected chi connectivity index (χ3v) is 7.01. The Kier molecular flexibility index (Phi) is 7.86. The average molecular weight is 496 g/mol. The van der Waals surface area contributed by atoms with E-state index in [1.165, 1.54) is 12.1 Å². The molecule has 1 N–H and O–H groups in total. The lowest BCUT2D eigenvalue weighted by molar-refractivity contribution is 0.0933. The Morgan fingerprint density at radius 2 is 1.59 bits per heavy atom. The molecule has 1 heterocycles. The quantitative estimate of drug-likeness (QED) is 0.498. The first-order valence-electron chi connectivity index (χ1n) is 12.4. The minimum Gasteiger partial charge on any atom is -0.372 e. The number of nitriles is 2. The number of carbonyl (C=O) groups is 1. The lowest BCUT2D eigenvalue weighted by Gasteiger charge is -2.30. The van der Waals surface area contributed by atoms with Gasteiger partial charge in [-0.25, -0.2) is 4.39 Å². The number of nitrogens with zero attached hydrogens (tertiary/aromatic N) is 4. The summed E-state index contributed by atoms with van der Waals surface area (Å²) in [7, 11) is 2.07. The van der Waals surface area contributed by atoms with E-state index in [9.17, 15) is 14.4 Å². The average Bonchev–Trinajstić information content (AvgIpc) is 3.36. The van der Waals surface area contributed by atoms with Gasteiger partial charge >= 0.3 is 0 Å². The van der Waals surface area contributed by atoms with Gasteiger partial charge in [0.1, 0.15) is 5.82 Å². The first-order valence-corrected chi connectivity index (χ1v) is 12.4. The van der Waals surface area contributed by atoms with Crippen LogP contribution in [0, 0.1) is 28.5 Å². The van der Waals surface area contributed by atoms with Crippen molar-refractivity contribution in [2.24, 2.45) is 0 Å². The Bertz CT molecular complexity index is 1340. The van der Waals surface area contributed by atoms with Gasteiger partial charge in [0.05, 0.1) is 34.9 Å². The van der Waals surface area contributed by atoms with Crippen LogP contribution in [0.2, 0.25) is 0 Å². The summed E-state index contributed by atoms with van der Waals surface area (Å²) in [5.41, 5.74) is 4.04. The number of rotatable bonds is 7. The van der Waals surface area contributed by atoms with Gasteiger partial charge in [-0.3, -0.25) is 9.69 Å². The second-order valence-electron chi connectivity index (χ2n) is 9.69. The number of benzene rings is 3. The largest absolute Gasteiger partial charge is 0.372 e. The SMILES string of the molecule is CC(C)N(C)c1ccc(C(c2ccc(C#N)cc2)N2CCC(NC(=O)c3ccc(C#N)cc3F)C2)cc1. The predicted molar refractivity (Wildman–Crippen MR) is 142 cm³/mol. The van der Waals surface area contributed by atoms with Crippen molar-refractivity contribution in [3.05, 3.63) is 100 Å². The highest BCUT2D eigenvalue weighted by Gasteiger charge is 2.31. The molecule has 7 heteroatoms. The fourth-order valence-corrected chi connectivity index (χ4v) is 4.72. The number of hydrogen-bond acceptors (Lipinski definition) is 5. The zero-order chi connectivity index (χ0) is 26.5. The van der Waals surface area contributed by atoms with Crippen LogP contribution in [0.1, 0.15) is 58.9 Å². The first-order chi connectivity index (χ1) is 17.8. The van der Waals surface area contributed by atoms with Crippen molar-refractivity contribution in [3.8, 4) is 12.1 Å². The molecule has 1 saturated heterocycles. The van der Waals surface area contributed by atoms with Gasteiger partial charge in [0, 0.05) is 37.9 Å². The third kappa shape index (κ3) is 5.80. The van der Waals surface area contributed by atoms with Gasteiger partial charge in [0.15, 0.2) is 0 Å². The van der Waals surface area contributed by atoms with E-state index in [0.29, 0.717) is 18.2 Å². The third-order valence-electron chi connectivity index (χ3n) is 7.01. The molecule has 0 aliphatic carbocycles. The highest BCUT2D eigenvalue weighted by atomic mass is 19.1. The fraction of sp³-hybridized carbons (Fsp3) is 0.300. The van der Waals surface area contributed by atoms with Crippen molar-refractivity contribution in [2.75, 3.05) is 25.0 Å². The van der Waals surface area contributed by atoms with E-state index in [1.807, 2.05) is 30.3 Å². The smallest absolute Gasteiger partial charge is 0.254 e. The lowest BCUT2D eigenvalue weighted by Crippen LogP contribution is -2.38. The second kappa shape index (κ2) is 11.2. The molecule has 188 valence electrons. The van der Waals surface area contributed by atoms with Crippen molar-refractivity contribution in [1.82, 2.24) is 10.2 Å². The molecular weight excluding hydrogens is 465 g/mol. The van der Waals surface area contributed by atoms with Gasteiger partial charge in [0.25, 0.3) is 5.91 Å². The maximum Gasteiger partial charge on any atom is 0.254 e. The first kappa shape index (κ1) is 25.9. The highest BCUT2D eigenvalue weighted by molar-refractivity contribution is 5.94. The molecule has 0 saturated carbocycles. The maximum absolute atomic E-state index is 14.4. The van der Waals surface area contributed by atoms with Crippen LogP contribution >= 0.6 is 0 Å². The van der Waals surface area contributed by atoms with E-state index in [2.05, 4.69) is 66.3 Å². The second-order valence-corrected chi connectivity index (χ2v) is 9.69. The summed E-state index contributed by atoms with van der Waals surface area (Å²) in [6.07, 6.45) is 0.727. The van der Waals surface area contributed by atoms with E-state index < -0.39 is 11.7 Å². The summed E-state index contributed by atoms with van der Waals surface area (Å²) in [5.74, 6) is -1.18. The minimum atomic E-state index is -0.701. The number of halogens is 1. The summed E-state index contributed by atoms with van der Waals surface area (Å²) in [4.78, 5) is 17.3. The molecule has 2 atom stereocenters. The van der Waals surface area contributed by atoms with E-state index in [0.717, 1.165) is 35.8 Å². The van der Waals surface area contributed by atoms with Crippen LogP contribution < -0.4 is 10.2 Å². The van der Waals surface area contributed by atoms with Gasteiger partial charge in [-0.05, 0) is 73.9 Å². The summed E-state index contributed by atoms with van der Waals surface area (Å²) >= 11 is 0. The molecule has 0 bridgehead atoms. The molecule has 1 amide bonds. The molecule has 3 aromatic rings. The van der Waals surface area contributed by atoms with Crippen molar-refractivity contribution >= 4 is 11.6 Å². The molecule has 1 aliphatic heterocycles. The Morgan fingerprint density at radius 1 is 1.00 bits per heavy atom. The van der Waals surface area contributed by atoms with Crippen molar-refractivity contribution < 1.29 is 9.18 Å². The highest BCUT2D eigenvalue weighted by Crippen LogP contribution is 2.33. The molecule has 37 heavy (non-hydrogen) atoms. The Morgan fingerprint density at radius 3 is 2.16 bits per heavy atom. The van der Waals surface area contributed by atoms with Gasteiger partial charge in [0.2, 0.25) is 0 Å². The van der Waals surface area contributed by atoms with Crippen LogP contribution in [0.25, 0.3) is 0 Å². The van der Waals surface area contributed by atoms with Crippen LogP contribution in [0.15, 0.2) is 66.7 Å². The van der Waals surface area contributed by atoms with Crippen molar-refractivity contribution in [2.45, 2.75) is 38.4 Å². The summed E-state index contributed by atoms with van der Waals surface area (Å²) in [6, 6.07) is 24.2. The van der Waals surface area contributed by atoms with E-state index in [-0.39, 0.29) is 23.2 Å². The van der Waals surface area contributed by atoms with Crippen LogP contribution in [0.3, 0.4) is 0 Å². The molecular formula is C30H30FN5O. The van der Waals surface area contributed by atoms with Gasteiger partial charge < -0.3 is 10.2 Å². The van der Waals surface area contributed by atoms with Crippen LogP contribution in [-0.4, -0.2) is 43.0 Å². The molecule has 2 unspecified atom stereocenters. The number of carbonyl (C=O) groups excluding carboxylic acids is 1. The number of hydrogen-bond donors (Lipinski definition) is 1. The number of likely N-dealkylation sites (tertiary alicyclic amines) is 1. The molecule has 1 fully saturated rings. The van der Waals surface area contributed by atoms with E-state index in [4.69, 9.17) is 5.26 Å². The number of anilines is 1. The van der Waals surface area contributed by atoms with Gasteiger partial charge in [-0.2, -0.15) is 10.5 Å². The summed E-state index contributed by atoms with van der Waals surface area (Å²) in [5, 5.41) is 21.1. The van der Waals surface area contributed by atoms with Crippen molar-refractivity contribution in [1.29, 1.82) is 10.5 Å². The normalized spacial score (nSPS) is 16.1. The van der Waals surface area contributed by atoms with Crippen LogP contribution in [0.4, 0.5) is 10.1 Å². The maximum atomic E-state index is 14.4. The Labute approximate surface area is 217 Å². The number of nitrogens with one attached hydrogen (secondary N) is 1. The van der Waals surface area contributed by atoms with Gasteiger partial charge in [-0.1, -0.05) is 24.3 Å². The lowest BCUT2D eigenvalue weighted by atomic mass is 9.96. The number of amides is 1. The summed E-state index contributed by atoms with van der Waals surface area (Å²) in [6.45, 7) is 5.65. The molecule has 4 rings (SSSR count). The Balaban J connectivity index is 1.55. The molecule has 0 aromatic heterocycles. The van der Waals surface area contributed by atoms with Gasteiger partial charge in [-0.15, -0.1) is 0 Å². The molecule has 0 radical (unpaired) electrons. The van der Waals surface area contributed by atoms with Crippen LogP contribution in [-0.2, 0) is 0 Å². The summed E-state index contributed by atoms with van der Waals surface area (Å²) < 4.78 is 14.4. The predicted octanol–water partition coefficient (Wildman–Crippen LogP) is 5.01. The molecule has 3 aromatic carbocycles. The fourth-order valence-electron chi connectivity index (χ4n) is 4.72. The van der Waals surface area contributed by atoms with Crippen molar-refractivity contribution in [3.63, 3.8) is 0 Å². The molecule has 0 spiro atoms. The standard InChI is InChI=1S/C30H30FN5O/c1-20(2)35(3)26-11-9-24(10-12-26)29(23-7-4-21(17-32)5-8-23)36-15-14-25(19-36)34-30(37)27-13-6-22(18-33)16-28(27)31/h4-13,16,20,25,29H,14-15,19H2,1-3H3,(H,34,37). The zero-order valence-corrected chi connectivity index (χ0v) is 21.3. The van der Waals surface area contributed by atoms with Crippen LogP contribution in [0.5, 0.6) is 0 Å².